The van der Waals surface area contributed by atoms with E-state index in [2.05, 4.69) is 16.5 Å². The van der Waals surface area contributed by atoms with E-state index >= 15 is 0 Å². The number of imidazole rings is 1. The maximum Gasteiger partial charge on any atom is 0.118 e. The van der Waals surface area contributed by atoms with Gasteiger partial charge in [0.25, 0.3) is 0 Å². The average molecular weight is 274 g/mol. The minimum Gasteiger partial charge on any atom is -0.497 e. The fourth-order valence-corrected chi connectivity index (χ4v) is 2.26. The molecule has 1 aromatic heterocycles. The van der Waals surface area contributed by atoms with Crippen molar-refractivity contribution < 1.29 is 9.84 Å². The summed E-state index contributed by atoms with van der Waals surface area (Å²) >= 11 is 0. The summed E-state index contributed by atoms with van der Waals surface area (Å²) in [5, 5.41) is 10.1. The lowest BCUT2D eigenvalue weighted by atomic mass is 10.0. The van der Waals surface area contributed by atoms with E-state index in [4.69, 9.17) is 4.74 Å². The van der Waals surface area contributed by atoms with Crippen molar-refractivity contribution in [1.82, 2.24) is 9.55 Å². The lowest BCUT2D eigenvalue weighted by molar-refractivity contribution is 0.161. The zero-order valence-electron chi connectivity index (χ0n) is 12.1. The summed E-state index contributed by atoms with van der Waals surface area (Å²) in [7, 11) is 1.66. The summed E-state index contributed by atoms with van der Waals surface area (Å²) in [5.74, 6) is 1.81. The molecule has 1 aromatic carbocycles. The maximum atomic E-state index is 10.1. The van der Waals surface area contributed by atoms with E-state index in [1.165, 1.54) is 5.56 Å². The van der Waals surface area contributed by atoms with Gasteiger partial charge in [-0.25, -0.2) is 4.98 Å². The normalized spacial score (nSPS) is 12.3. The van der Waals surface area contributed by atoms with Crippen LogP contribution in [0.25, 0.3) is 0 Å². The van der Waals surface area contributed by atoms with E-state index in [0.717, 1.165) is 31.0 Å². The van der Waals surface area contributed by atoms with Gasteiger partial charge in [0, 0.05) is 25.4 Å². The molecule has 2 aromatic rings. The van der Waals surface area contributed by atoms with Crippen LogP contribution in [0.1, 0.15) is 24.7 Å². The monoisotopic (exact) mass is 274 g/mol. The summed E-state index contributed by atoms with van der Waals surface area (Å²) in [6, 6.07) is 7.98. The number of benzene rings is 1. The van der Waals surface area contributed by atoms with Crippen molar-refractivity contribution in [1.29, 1.82) is 0 Å². The van der Waals surface area contributed by atoms with Crippen LogP contribution in [0.3, 0.4) is 0 Å². The van der Waals surface area contributed by atoms with Gasteiger partial charge in [0.15, 0.2) is 0 Å². The molecular weight excluding hydrogens is 252 g/mol. The molecule has 108 valence electrons. The van der Waals surface area contributed by atoms with Gasteiger partial charge >= 0.3 is 0 Å². The van der Waals surface area contributed by atoms with Gasteiger partial charge in [0.05, 0.1) is 13.2 Å². The van der Waals surface area contributed by atoms with Gasteiger partial charge in [-0.3, -0.25) is 0 Å². The van der Waals surface area contributed by atoms with E-state index in [-0.39, 0.29) is 6.10 Å². The highest BCUT2D eigenvalue weighted by molar-refractivity contribution is 5.27. The smallest absolute Gasteiger partial charge is 0.118 e. The Morgan fingerprint density at radius 1 is 1.30 bits per heavy atom. The fourth-order valence-electron chi connectivity index (χ4n) is 2.26. The highest BCUT2D eigenvalue weighted by Crippen LogP contribution is 2.14. The number of aryl methyl sites for hydroxylation is 2. The van der Waals surface area contributed by atoms with E-state index in [1.807, 2.05) is 30.5 Å². The predicted molar refractivity (Wildman–Crippen MR) is 78.9 cm³/mol. The second-order valence-electron chi connectivity index (χ2n) is 4.87. The molecule has 0 radical (unpaired) electrons. The Hall–Kier alpha value is -1.81. The Bertz CT molecular complexity index is 520. The van der Waals surface area contributed by atoms with E-state index < -0.39 is 0 Å². The van der Waals surface area contributed by atoms with Crippen LogP contribution in [-0.2, 0) is 19.4 Å². The highest BCUT2D eigenvalue weighted by Gasteiger charge is 2.10. The van der Waals surface area contributed by atoms with E-state index in [0.29, 0.717) is 6.42 Å². The number of nitrogens with zero attached hydrogens (tertiary/aromatic N) is 2. The first-order valence-electron chi connectivity index (χ1n) is 7.04. The summed E-state index contributed by atoms with van der Waals surface area (Å²) < 4.78 is 7.20. The summed E-state index contributed by atoms with van der Waals surface area (Å²) in [6.45, 7) is 2.97. The van der Waals surface area contributed by atoms with E-state index in [1.54, 1.807) is 13.3 Å². The second kappa shape index (κ2) is 7.10. The molecule has 4 heteroatoms. The quantitative estimate of drug-likeness (QED) is 0.843. The predicted octanol–water partition coefficient (Wildman–Crippen LogP) is 2.45. The number of ether oxygens (including phenoxy) is 1. The molecular formula is C16H22N2O2. The SMILES string of the molecule is CCn1ccnc1CC(O)CCc1ccc(OC)cc1. The number of aliphatic hydroxyl groups is 1. The van der Waals surface area contributed by atoms with Crippen molar-refractivity contribution >= 4 is 0 Å². The molecule has 0 aliphatic carbocycles. The summed E-state index contributed by atoms with van der Waals surface area (Å²) in [4.78, 5) is 4.29. The molecule has 0 spiro atoms. The van der Waals surface area contributed by atoms with Gasteiger partial charge in [-0.15, -0.1) is 0 Å². The van der Waals surface area contributed by atoms with Crippen LogP contribution in [-0.4, -0.2) is 27.9 Å². The van der Waals surface area contributed by atoms with Crippen LogP contribution in [0.5, 0.6) is 5.75 Å². The zero-order chi connectivity index (χ0) is 14.4. The summed E-state index contributed by atoms with van der Waals surface area (Å²) in [6.07, 6.45) is 5.59. The third-order valence-electron chi connectivity index (χ3n) is 3.49. The summed E-state index contributed by atoms with van der Waals surface area (Å²) in [5.41, 5.74) is 1.21. The minimum absolute atomic E-state index is 0.357. The third-order valence-corrected chi connectivity index (χ3v) is 3.49. The second-order valence-corrected chi connectivity index (χ2v) is 4.87. The van der Waals surface area contributed by atoms with Crippen LogP contribution < -0.4 is 4.74 Å². The maximum absolute atomic E-state index is 10.1. The van der Waals surface area contributed by atoms with Crippen LogP contribution in [0.2, 0.25) is 0 Å². The standard InChI is InChI=1S/C16H22N2O2/c1-3-18-11-10-17-16(18)12-14(19)7-4-13-5-8-15(20-2)9-6-13/h5-6,8-11,14,19H,3-4,7,12H2,1-2H3. The minimum atomic E-state index is -0.357. The Morgan fingerprint density at radius 3 is 2.70 bits per heavy atom. The van der Waals surface area contributed by atoms with Crippen LogP contribution in [0, 0.1) is 0 Å². The van der Waals surface area contributed by atoms with Gasteiger partial charge in [-0.05, 0) is 37.5 Å². The van der Waals surface area contributed by atoms with Crippen LogP contribution in [0.15, 0.2) is 36.7 Å². The number of hydrogen-bond donors (Lipinski definition) is 1. The molecule has 2 rings (SSSR count). The molecule has 0 aliphatic rings. The van der Waals surface area contributed by atoms with E-state index in [9.17, 15) is 5.11 Å². The largest absolute Gasteiger partial charge is 0.497 e. The van der Waals surface area contributed by atoms with Crippen molar-refractivity contribution in [3.8, 4) is 5.75 Å². The number of aliphatic hydroxyl groups excluding tert-OH is 1. The molecule has 0 amide bonds. The molecule has 1 heterocycles. The molecule has 0 aliphatic heterocycles. The fraction of sp³-hybridized carbons (Fsp3) is 0.438. The van der Waals surface area contributed by atoms with Crippen molar-refractivity contribution in [3.63, 3.8) is 0 Å². The topological polar surface area (TPSA) is 47.3 Å². The molecule has 4 nitrogen and oxygen atoms in total. The Kier molecular flexibility index (Phi) is 5.18. The molecule has 1 atom stereocenters. The molecule has 0 saturated heterocycles. The number of rotatable bonds is 7. The molecule has 0 bridgehead atoms. The Balaban J connectivity index is 1.83. The van der Waals surface area contributed by atoms with Gasteiger partial charge in [-0.2, -0.15) is 0 Å². The van der Waals surface area contributed by atoms with Crippen LogP contribution >= 0.6 is 0 Å². The lowest BCUT2D eigenvalue weighted by Gasteiger charge is -2.11. The van der Waals surface area contributed by atoms with Crippen molar-refractivity contribution in [2.75, 3.05) is 7.11 Å². The molecule has 0 saturated carbocycles. The van der Waals surface area contributed by atoms with Gasteiger partial charge in [0.2, 0.25) is 0 Å². The Morgan fingerprint density at radius 2 is 2.05 bits per heavy atom. The number of methoxy groups -OCH3 is 1. The van der Waals surface area contributed by atoms with Crippen molar-refractivity contribution in [2.24, 2.45) is 0 Å². The number of aromatic nitrogens is 2. The van der Waals surface area contributed by atoms with Gasteiger partial charge in [-0.1, -0.05) is 12.1 Å². The molecule has 1 N–H and O–H groups in total. The lowest BCUT2D eigenvalue weighted by Crippen LogP contribution is -2.15. The average Bonchev–Trinajstić information content (AvgIpc) is 2.92. The zero-order valence-corrected chi connectivity index (χ0v) is 12.1. The number of hydrogen-bond acceptors (Lipinski definition) is 3. The van der Waals surface area contributed by atoms with Crippen LogP contribution in [0.4, 0.5) is 0 Å². The highest BCUT2D eigenvalue weighted by atomic mass is 16.5. The van der Waals surface area contributed by atoms with Crippen molar-refractivity contribution in [2.45, 2.75) is 38.8 Å². The van der Waals surface area contributed by atoms with Crippen molar-refractivity contribution in [3.05, 3.63) is 48.0 Å². The first-order valence-corrected chi connectivity index (χ1v) is 7.04. The first-order chi connectivity index (χ1) is 9.72. The third kappa shape index (κ3) is 3.84. The van der Waals surface area contributed by atoms with Gasteiger partial charge in [0.1, 0.15) is 11.6 Å². The van der Waals surface area contributed by atoms with Gasteiger partial charge < -0.3 is 14.4 Å². The molecule has 0 fully saturated rings. The molecule has 1 unspecified atom stereocenters. The first kappa shape index (κ1) is 14.6. The molecule has 20 heavy (non-hydrogen) atoms. The Labute approximate surface area is 120 Å².